The molecule has 0 saturated heterocycles. The van der Waals surface area contributed by atoms with Gasteiger partial charge in [0.15, 0.2) is 0 Å². The molecular formula is C8H11IN8. The number of nitrogens with one attached hydrogen (secondary N) is 1. The SMILES string of the molecule is CN(C)c1nc(NN)nc(-n2cc(I)cn2)n1. The zero-order chi connectivity index (χ0) is 12.4. The van der Waals surface area contributed by atoms with Crippen LogP contribution in [-0.4, -0.2) is 38.8 Å². The fourth-order valence-corrected chi connectivity index (χ4v) is 1.52. The fraction of sp³-hybridized carbons (Fsp3) is 0.250. The first kappa shape index (κ1) is 12.0. The Balaban J connectivity index is 2.49. The van der Waals surface area contributed by atoms with Gasteiger partial charge in [-0.05, 0) is 22.6 Å². The molecule has 0 aliphatic heterocycles. The molecule has 8 nitrogen and oxygen atoms in total. The summed E-state index contributed by atoms with van der Waals surface area (Å²) < 4.78 is 2.56. The molecule has 2 heterocycles. The molecule has 0 spiro atoms. The van der Waals surface area contributed by atoms with Gasteiger partial charge in [-0.2, -0.15) is 20.1 Å². The summed E-state index contributed by atoms with van der Waals surface area (Å²) in [6, 6.07) is 0. The van der Waals surface area contributed by atoms with Gasteiger partial charge in [-0.15, -0.1) is 0 Å². The summed E-state index contributed by atoms with van der Waals surface area (Å²) in [7, 11) is 3.68. The van der Waals surface area contributed by atoms with Crippen molar-refractivity contribution >= 4 is 34.5 Å². The van der Waals surface area contributed by atoms with E-state index in [1.807, 2.05) is 20.3 Å². The third kappa shape index (κ3) is 2.61. The predicted octanol–water partition coefficient (Wildman–Crippen LogP) is 0.0135. The van der Waals surface area contributed by atoms with Gasteiger partial charge in [0.25, 0.3) is 5.95 Å². The molecule has 0 bridgehead atoms. The van der Waals surface area contributed by atoms with Crippen LogP contribution in [-0.2, 0) is 0 Å². The maximum Gasteiger partial charge on any atom is 0.257 e. The number of nitrogens with two attached hydrogens (primary N) is 1. The van der Waals surface area contributed by atoms with E-state index in [9.17, 15) is 0 Å². The van der Waals surface area contributed by atoms with Gasteiger partial charge < -0.3 is 4.90 Å². The zero-order valence-corrected chi connectivity index (χ0v) is 11.5. The lowest BCUT2D eigenvalue weighted by molar-refractivity contribution is 0.789. The summed E-state index contributed by atoms with van der Waals surface area (Å²) in [5.74, 6) is 6.54. The van der Waals surface area contributed by atoms with Crippen molar-refractivity contribution in [2.45, 2.75) is 0 Å². The predicted molar refractivity (Wildman–Crippen MR) is 71.8 cm³/mol. The van der Waals surface area contributed by atoms with Crippen LogP contribution < -0.4 is 16.2 Å². The number of hydrogen-bond donors (Lipinski definition) is 2. The molecule has 0 unspecified atom stereocenters. The Morgan fingerprint density at radius 3 is 2.65 bits per heavy atom. The fourth-order valence-electron chi connectivity index (χ4n) is 1.13. The summed E-state index contributed by atoms with van der Waals surface area (Å²) in [6.07, 6.45) is 3.53. The number of anilines is 2. The molecule has 2 aromatic rings. The van der Waals surface area contributed by atoms with E-state index in [0.717, 1.165) is 3.57 Å². The molecule has 0 radical (unpaired) electrons. The van der Waals surface area contributed by atoms with E-state index in [1.165, 1.54) is 0 Å². The Kier molecular flexibility index (Phi) is 3.38. The first-order chi connectivity index (χ1) is 8.10. The molecule has 0 aliphatic rings. The van der Waals surface area contributed by atoms with E-state index in [-0.39, 0.29) is 0 Å². The Morgan fingerprint density at radius 1 is 1.35 bits per heavy atom. The van der Waals surface area contributed by atoms with Crippen LogP contribution in [0.4, 0.5) is 11.9 Å². The number of hydrogen-bond acceptors (Lipinski definition) is 7. The number of aromatic nitrogens is 5. The van der Waals surface area contributed by atoms with Gasteiger partial charge in [0.1, 0.15) is 0 Å². The second-order valence-electron chi connectivity index (χ2n) is 3.40. The van der Waals surface area contributed by atoms with Crippen LogP contribution >= 0.6 is 22.6 Å². The molecule has 0 atom stereocenters. The van der Waals surface area contributed by atoms with Crippen molar-refractivity contribution in [3.8, 4) is 5.95 Å². The standard InChI is InChI=1S/C8H11IN8/c1-16(2)7-12-6(15-10)13-8(14-7)17-4-5(9)3-11-17/h3-4H,10H2,1-2H3,(H,12,13,14,15). The molecule has 0 saturated carbocycles. The van der Waals surface area contributed by atoms with Crippen LogP contribution in [0, 0.1) is 3.57 Å². The van der Waals surface area contributed by atoms with Crippen molar-refractivity contribution in [1.29, 1.82) is 0 Å². The van der Waals surface area contributed by atoms with E-state index in [4.69, 9.17) is 5.84 Å². The smallest absolute Gasteiger partial charge is 0.257 e. The molecule has 17 heavy (non-hydrogen) atoms. The van der Waals surface area contributed by atoms with E-state index < -0.39 is 0 Å². The van der Waals surface area contributed by atoms with Crippen molar-refractivity contribution in [1.82, 2.24) is 24.7 Å². The average Bonchev–Trinajstić information content (AvgIpc) is 2.75. The first-order valence-corrected chi connectivity index (χ1v) is 5.78. The normalized spacial score (nSPS) is 10.4. The van der Waals surface area contributed by atoms with Crippen molar-refractivity contribution in [3.05, 3.63) is 16.0 Å². The third-order valence-electron chi connectivity index (χ3n) is 1.90. The van der Waals surface area contributed by atoms with Crippen molar-refractivity contribution in [3.63, 3.8) is 0 Å². The topological polar surface area (TPSA) is 97.8 Å². The van der Waals surface area contributed by atoms with Crippen molar-refractivity contribution < 1.29 is 0 Å². The molecule has 3 N–H and O–H groups in total. The van der Waals surface area contributed by atoms with Gasteiger partial charge in [-0.1, -0.05) is 0 Å². The lowest BCUT2D eigenvalue weighted by atomic mass is 10.7. The van der Waals surface area contributed by atoms with Gasteiger partial charge in [0, 0.05) is 20.3 Å². The first-order valence-electron chi connectivity index (χ1n) is 4.70. The van der Waals surface area contributed by atoms with E-state index in [1.54, 1.807) is 15.8 Å². The Bertz CT molecular complexity index is 522. The quantitative estimate of drug-likeness (QED) is 0.459. The molecule has 0 amide bonds. The van der Waals surface area contributed by atoms with Gasteiger partial charge in [0.2, 0.25) is 11.9 Å². The highest BCUT2D eigenvalue weighted by molar-refractivity contribution is 14.1. The third-order valence-corrected chi connectivity index (χ3v) is 2.45. The summed E-state index contributed by atoms with van der Waals surface area (Å²) in [4.78, 5) is 14.3. The molecule has 9 heteroatoms. The highest BCUT2D eigenvalue weighted by Crippen LogP contribution is 2.11. The van der Waals surface area contributed by atoms with Crippen LogP contribution in [0.1, 0.15) is 0 Å². The lowest BCUT2D eigenvalue weighted by Gasteiger charge is -2.11. The molecule has 0 aromatic carbocycles. The second kappa shape index (κ2) is 4.79. The highest BCUT2D eigenvalue weighted by atomic mass is 127. The van der Waals surface area contributed by atoms with E-state index in [2.05, 4.69) is 48.1 Å². The number of nitrogen functional groups attached to an aromatic ring is 1. The number of hydrazine groups is 1. The molecule has 2 aromatic heterocycles. The largest absolute Gasteiger partial charge is 0.347 e. The Labute approximate surface area is 111 Å². The minimum Gasteiger partial charge on any atom is -0.347 e. The van der Waals surface area contributed by atoms with Crippen LogP contribution in [0.3, 0.4) is 0 Å². The monoisotopic (exact) mass is 346 g/mol. The van der Waals surface area contributed by atoms with Crippen molar-refractivity contribution in [2.75, 3.05) is 24.4 Å². The summed E-state index contributed by atoms with van der Waals surface area (Å²) >= 11 is 2.16. The Morgan fingerprint density at radius 2 is 2.12 bits per heavy atom. The highest BCUT2D eigenvalue weighted by Gasteiger charge is 2.09. The molecule has 90 valence electrons. The molecule has 0 fully saturated rings. The van der Waals surface area contributed by atoms with E-state index >= 15 is 0 Å². The van der Waals surface area contributed by atoms with Gasteiger partial charge in [0.05, 0.1) is 9.77 Å². The lowest BCUT2D eigenvalue weighted by Crippen LogP contribution is -2.19. The van der Waals surface area contributed by atoms with Gasteiger partial charge in [-0.3, -0.25) is 5.43 Å². The van der Waals surface area contributed by atoms with Crippen LogP contribution in [0.5, 0.6) is 0 Å². The maximum atomic E-state index is 5.32. The van der Waals surface area contributed by atoms with Gasteiger partial charge >= 0.3 is 0 Å². The molecule has 2 rings (SSSR count). The van der Waals surface area contributed by atoms with E-state index in [0.29, 0.717) is 17.8 Å². The van der Waals surface area contributed by atoms with Crippen LogP contribution in [0.25, 0.3) is 5.95 Å². The summed E-state index contributed by atoms with van der Waals surface area (Å²) in [5, 5.41) is 4.13. The zero-order valence-electron chi connectivity index (χ0n) is 9.29. The summed E-state index contributed by atoms with van der Waals surface area (Å²) in [5.41, 5.74) is 2.41. The second-order valence-corrected chi connectivity index (χ2v) is 4.65. The Hall–Kier alpha value is -1.49. The van der Waals surface area contributed by atoms with Crippen LogP contribution in [0.2, 0.25) is 0 Å². The maximum absolute atomic E-state index is 5.32. The minimum absolute atomic E-state index is 0.296. The molecular weight excluding hydrogens is 335 g/mol. The summed E-state index contributed by atoms with van der Waals surface area (Å²) in [6.45, 7) is 0. The number of halogens is 1. The van der Waals surface area contributed by atoms with Gasteiger partial charge in [-0.25, -0.2) is 10.5 Å². The van der Waals surface area contributed by atoms with Crippen molar-refractivity contribution in [2.24, 2.45) is 5.84 Å². The number of nitrogens with zero attached hydrogens (tertiary/aromatic N) is 6. The molecule has 0 aliphatic carbocycles. The van der Waals surface area contributed by atoms with Crippen LogP contribution in [0.15, 0.2) is 12.4 Å². The number of rotatable bonds is 3. The average molecular weight is 346 g/mol. The minimum atomic E-state index is 0.296.